The van der Waals surface area contributed by atoms with Crippen molar-refractivity contribution in [3.8, 4) is 0 Å². The van der Waals surface area contributed by atoms with E-state index in [1.54, 1.807) is 26.0 Å². The van der Waals surface area contributed by atoms with Crippen molar-refractivity contribution in [1.29, 1.82) is 0 Å². The molecule has 3 rings (SSSR count). The Bertz CT molecular complexity index is 955. The largest absolute Gasteiger partial charge is 0.360 e. The predicted molar refractivity (Wildman–Crippen MR) is 104 cm³/mol. The Kier molecular flexibility index (Phi) is 4.94. The zero-order valence-corrected chi connectivity index (χ0v) is 16.1. The van der Waals surface area contributed by atoms with Crippen LogP contribution in [0.5, 0.6) is 0 Å². The third kappa shape index (κ3) is 4.69. The first kappa shape index (κ1) is 18.6. The molecule has 0 bridgehead atoms. The van der Waals surface area contributed by atoms with E-state index in [2.05, 4.69) is 46.5 Å². The monoisotopic (exact) mass is 365 g/mol. The highest BCUT2D eigenvalue weighted by molar-refractivity contribution is 6.03. The maximum Gasteiger partial charge on any atom is 0.274 e. The highest BCUT2D eigenvalue weighted by atomic mass is 16.5. The van der Waals surface area contributed by atoms with Gasteiger partial charge >= 0.3 is 0 Å². The van der Waals surface area contributed by atoms with Crippen LogP contribution in [0.1, 0.15) is 48.3 Å². The van der Waals surface area contributed by atoms with Crippen LogP contribution in [0.3, 0.4) is 0 Å². The molecule has 7 nitrogen and oxygen atoms in total. The Morgan fingerprint density at radius 3 is 2.33 bits per heavy atom. The number of hydrogen-bond donors (Lipinski definition) is 2. The highest BCUT2D eigenvalue weighted by Crippen LogP contribution is 2.23. The summed E-state index contributed by atoms with van der Waals surface area (Å²) in [6, 6.07) is 11.2. The van der Waals surface area contributed by atoms with E-state index in [0.717, 1.165) is 0 Å². The fourth-order valence-corrected chi connectivity index (χ4v) is 2.53. The molecule has 0 aliphatic carbocycles. The van der Waals surface area contributed by atoms with Crippen LogP contribution in [-0.2, 0) is 5.41 Å². The van der Waals surface area contributed by atoms with Crippen molar-refractivity contribution in [2.75, 3.05) is 10.6 Å². The average Bonchev–Trinajstić information content (AvgIpc) is 2.99. The van der Waals surface area contributed by atoms with Gasteiger partial charge in [0, 0.05) is 17.4 Å². The van der Waals surface area contributed by atoms with Crippen molar-refractivity contribution < 1.29 is 9.32 Å². The Hall–Kier alpha value is -3.22. The summed E-state index contributed by atoms with van der Waals surface area (Å²) in [7, 11) is 0. The van der Waals surface area contributed by atoms with E-state index < -0.39 is 0 Å². The van der Waals surface area contributed by atoms with E-state index in [9.17, 15) is 4.79 Å². The topological polar surface area (TPSA) is 92.9 Å². The molecule has 1 aromatic carbocycles. The number of aryl methyl sites for hydroxylation is 2. The third-order valence-corrected chi connectivity index (χ3v) is 3.96. The zero-order valence-electron chi connectivity index (χ0n) is 16.1. The number of aromatic nitrogens is 3. The molecule has 7 heteroatoms. The average molecular weight is 365 g/mol. The number of benzene rings is 1. The fraction of sp³-hybridized carbons (Fsp3) is 0.300. The van der Waals surface area contributed by atoms with Crippen LogP contribution in [-0.4, -0.2) is 21.0 Å². The minimum Gasteiger partial charge on any atom is -0.360 e. The van der Waals surface area contributed by atoms with Gasteiger partial charge in [0.1, 0.15) is 11.5 Å². The molecule has 2 heterocycles. The van der Waals surface area contributed by atoms with Gasteiger partial charge in [-0.15, -0.1) is 0 Å². The standard InChI is InChI=1S/C20H23N5O2/c1-12-10-16(23-19(21-12)24-17-11-13(2)27-25-17)18(26)22-15-8-6-14(7-9-15)20(3,4)5/h6-11H,1-5H3,(H,22,26)(H,21,23,24,25). The minimum absolute atomic E-state index is 0.0619. The summed E-state index contributed by atoms with van der Waals surface area (Å²) < 4.78 is 5.01. The molecule has 27 heavy (non-hydrogen) atoms. The first-order valence-corrected chi connectivity index (χ1v) is 8.68. The second-order valence-electron chi connectivity index (χ2n) is 7.45. The van der Waals surface area contributed by atoms with Crippen LogP contribution in [0.25, 0.3) is 0 Å². The molecule has 0 saturated carbocycles. The molecule has 3 aromatic rings. The summed E-state index contributed by atoms with van der Waals surface area (Å²) in [6.07, 6.45) is 0. The fourth-order valence-electron chi connectivity index (χ4n) is 2.53. The summed E-state index contributed by atoms with van der Waals surface area (Å²) >= 11 is 0. The summed E-state index contributed by atoms with van der Waals surface area (Å²) in [5, 5.41) is 9.65. The minimum atomic E-state index is -0.302. The number of rotatable bonds is 4. The Labute approximate surface area is 158 Å². The summed E-state index contributed by atoms with van der Waals surface area (Å²) in [4.78, 5) is 21.2. The van der Waals surface area contributed by atoms with Crippen molar-refractivity contribution in [3.05, 3.63) is 59.1 Å². The van der Waals surface area contributed by atoms with Crippen molar-refractivity contribution in [1.82, 2.24) is 15.1 Å². The van der Waals surface area contributed by atoms with Gasteiger partial charge in [0.15, 0.2) is 5.82 Å². The van der Waals surface area contributed by atoms with Crippen LogP contribution in [0.15, 0.2) is 40.9 Å². The molecule has 1 amide bonds. The van der Waals surface area contributed by atoms with Crippen LogP contribution in [0, 0.1) is 13.8 Å². The molecule has 0 unspecified atom stereocenters. The van der Waals surface area contributed by atoms with E-state index >= 15 is 0 Å². The molecule has 0 atom stereocenters. The molecule has 0 saturated heterocycles. The van der Waals surface area contributed by atoms with E-state index in [1.807, 2.05) is 24.3 Å². The lowest BCUT2D eigenvalue weighted by Crippen LogP contribution is -2.16. The molecule has 0 fully saturated rings. The zero-order chi connectivity index (χ0) is 19.6. The van der Waals surface area contributed by atoms with E-state index in [0.29, 0.717) is 23.0 Å². The molecular weight excluding hydrogens is 342 g/mol. The normalized spacial score (nSPS) is 11.3. The Morgan fingerprint density at radius 1 is 1.04 bits per heavy atom. The maximum atomic E-state index is 12.6. The quantitative estimate of drug-likeness (QED) is 0.713. The van der Waals surface area contributed by atoms with Crippen LogP contribution in [0.4, 0.5) is 17.5 Å². The van der Waals surface area contributed by atoms with Crippen molar-refractivity contribution in [2.24, 2.45) is 0 Å². The van der Waals surface area contributed by atoms with E-state index in [-0.39, 0.29) is 23.0 Å². The van der Waals surface area contributed by atoms with Crippen molar-refractivity contribution in [2.45, 2.75) is 40.0 Å². The summed E-state index contributed by atoms with van der Waals surface area (Å²) in [6.45, 7) is 10.0. The van der Waals surface area contributed by atoms with Gasteiger partial charge in [0.2, 0.25) is 5.95 Å². The first-order chi connectivity index (χ1) is 12.7. The van der Waals surface area contributed by atoms with Gasteiger partial charge < -0.3 is 15.2 Å². The Morgan fingerprint density at radius 2 is 1.74 bits per heavy atom. The van der Waals surface area contributed by atoms with E-state index in [4.69, 9.17) is 4.52 Å². The van der Waals surface area contributed by atoms with Gasteiger partial charge in [-0.1, -0.05) is 38.1 Å². The molecule has 0 radical (unpaired) electrons. The molecule has 2 aromatic heterocycles. The third-order valence-electron chi connectivity index (χ3n) is 3.96. The van der Waals surface area contributed by atoms with Crippen LogP contribution < -0.4 is 10.6 Å². The lowest BCUT2D eigenvalue weighted by molar-refractivity contribution is 0.102. The number of hydrogen-bond acceptors (Lipinski definition) is 6. The number of amides is 1. The Balaban J connectivity index is 1.76. The first-order valence-electron chi connectivity index (χ1n) is 8.68. The second-order valence-corrected chi connectivity index (χ2v) is 7.45. The molecular formula is C20H23N5O2. The van der Waals surface area contributed by atoms with Crippen molar-refractivity contribution in [3.63, 3.8) is 0 Å². The van der Waals surface area contributed by atoms with Gasteiger partial charge in [-0.25, -0.2) is 9.97 Å². The number of carbonyl (C=O) groups is 1. The lowest BCUT2D eigenvalue weighted by atomic mass is 9.87. The molecule has 2 N–H and O–H groups in total. The molecule has 0 aliphatic rings. The van der Waals surface area contributed by atoms with Crippen LogP contribution >= 0.6 is 0 Å². The number of nitrogens with one attached hydrogen (secondary N) is 2. The summed E-state index contributed by atoms with van der Waals surface area (Å²) in [5.74, 6) is 1.14. The number of carbonyl (C=O) groups excluding carboxylic acids is 1. The van der Waals surface area contributed by atoms with Crippen LogP contribution in [0.2, 0.25) is 0 Å². The number of nitrogens with zero attached hydrogens (tertiary/aromatic N) is 3. The molecule has 0 spiro atoms. The van der Waals surface area contributed by atoms with Gasteiger partial charge in [-0.3, -0.25) is 4.79 Å². The van der Waals surface area contributed by atoms with Crippen molar-refractivity contribution >= 4 is 23.4 Å². The SMILES string of the molecule is Cc1cc(C(=O)Nc2ccc(C(C)(C)C)cc2)nc(Nc2cc(C)on2)n1. The highest BCUT2D eigenvalue weighted by Gasteiger charge is 2.15. The smallest absolute Gasteiger partial charge is 0.274 e. The van der Waals surface area contributed by atoms with Gasteiger partial charge in [0.25, 0.3) is 5.91 Å². The van der Waals surface area contributed by atoms with Gasteiger partial charge in [-0.05, 0) is 43.0 Å². The number of anilines is 3. The second kappa shape index (κ2) is 7.19. The van der Waals surface area contributed by atoms with E-state index in [1.165, 1.54) is 5.56 Å². The molecule has 140 valence electrons. The van der Waals surface area contributed by atoms with Gasteiger partial charge in [0.05, 0.1) is 0 Å². The lowest BCUT2D eigenvalue weighted by Gasteiger charge is -2.19. The van der Waals surface area contributed by atoms with Gasteiger partial charge in [-0.2, -0.15) is 0 Å². The predicted octanol–water partition coefficient (Wildman–Crippen LogP) is 4.37. The molecule has 0 aliphatic heterocycles. The maximum absolute atomic E-state index is 12.6. The summed E-state index contributed by atoms with van der Waals surface area (Å²) in [5.41, 5.74) is 2.91.